The van der Waals surface area contributed by atoms with Crippen molar-refractivity contribution in [2.45, 2.75) is 38.4 Å². The molecule has 0 aromatic carbocycles. The van der Waals surface area contributed by atoms with Crippen LogP contribution in [0.25, 0.3) is 0 Å². The molecule has 0 saturated carbocycles. The number of hydrogen-bond acceptors (Lipinski definition) is 2. The maximum atomic E-state index is 11.4. The molecule has 1 rings (SSSR count). The molecular formula is C8H13ClO2. The van der Waals surface area contributed by atoms with E-state index < -0.39 is 10.7 Å². The van der Waals surface area contributed by atoms with Crippen molar-refractivity contribution in [1.29, 1.82) is 0 Å². The van der Waals surface area contributed by atoms with Crippen LogP contribution in [0.4, 0.5) is 0 Å². The fourth-order valence-electron chi connectivity index (χ4n) is 1.04. The van der Waals surface area contributed by atoms with E-state index in [1.54, 1.807) is 0 Å². The average Bonchev–Trinajstić information content (AvgIpc) is 2.32. The van der Waals surface area contributed by atoms with Crippen LogP contribution in [0.3, 0.4) is 0 Å². The normalized spacial score (nSPS) is 34.0. The summed E-state index contributed by atoms with van der Waals surface area (Å²) in [4.78, 5) is 11.4. The van der Waals surface area contributed by atoms with Crippen molar-refractivity contribution >= 4 is 17.4 Å². The molecule has 0 spiro atoms. The molecule has 1 atom stereocenters. The fraction of sp³-hybridized carbons (Fsp3) is 0.875. The van der Waals surface area contributed by atoms with E-state index in [9.17, 15) is 4.79 Å². The van der Waals surface area contributed by atoms with Crippen molar-refractivity contribution in [2.75, 3.05) is 0 Å². The molecule has 1 aliphatic heterocycles. The highest BCUT2D eigenvalue weighted by molar-refractivity contribution is 6.37. The van der Waals surface area contributed by atoms with E-state index in [1.807, 2.05) is 27.7 Å². The number of Topliss-reactive ketones (excluding diaryl/α,β-unsaturated/α-hetero) is 1. The van der Waals surface area contributed by atoms with Crippen LogP contribution in [-0.2, 0) is 9.53 Å². The van der Waals surface area contributed by atoms with Gasteiger partial charge in [0.15, 0.2) is 5.78 Å². The first-order valence-corrected chi connectivity index (χ1v) is 4.12. The van der Waals surface area contributed by atoms with Crippen molar-refractivity contribution in [1.82, 2.24) is 0 Å². The number of carbonyl (C=O) groups excluding carboxylic acids is 1. The van der Waals surface area contributed by atoms with Crippen LogP contribution in [0.15, 0.2) is 0 Å². The van der Waals surface area contributed by atoms with E-state index in [4.69, 9.17) is 16.3 Å². The predicted octanol–water partition coefficient (Wildman–Crippen LogP) is 1.96. The van der Waals surface area contributed by atoms with Gasteiger partial charge in [-0.15, -0.1) is 0 Å². The monoisotopic (exact) mass is 176 g/mol. The number of carbonyl (C=O) groups is 1. The number of alkyl halides is 1. The summed E-state index contributed by atoms with van der Waals surface area (Å²) in [7, 11) is 0. The highest BCUT2D eigenvalue weighted by atomic mass is 35.5. The van der Waals surface area contributed by atoms with E-state index >= 15 is 0 Å². The summed E-state index contributed by atoms with van der Waals surface area (Å²) >= 11 is 5.91. The Morgan fingerprint density at radius 3 is 1.91 bits per heavy atom. The number of hydrogen-bond donors (Lipinski definition) is 0. The van der Waals surface area contributed by atoms with Gasteiger partial charge in [-0.3, -0.25) is 4.79 Å². The van der Waals surface area contributed by atoms with Gasteiger partial charge in [0.2, 0.25) is 5.06 Å². The Morgan fingerprint density at radius 1 is 1.45 bits per heavy atom. The van der Waals surface area contributed by atoms with Crippen LogP contribution < -0.4 is 0 Å². The minimum Gasteiger partial charge on any atom is -0.339 e. The lowest BCUT2D eigenvalue weighted by molar-refractivity contribution is -0.124. The van der Waals surface area contributed by atoms with E-state index in [2.05, 4.69) is 0 Å². The lowest BCUT2D eigenvalue weighted by Gasteiger charge is -2.07. The zero-order chi connectivity index (χ0) is 8.86. The molecule has 2 nitrogen and oxygen atoms in total. The first-order valence-electron chi connectivity index (χ1n) is 3.74. The minimum absolute atomic E-state index is 0.0239. The maximum Gasteiger partial charge on any atom is 0.229 e. The van der Waals surface area contributed by atoms with Gasteiger partial charge >= 0.3 is 0 Å². The molecule has 0 radical (unpaired) electrons. The van der Waals surface area contributed by atoms with Crippen LogP contribution in [0.1, 0.15) is 27.7 Å². The minimum atomic E-state index is -1.04. The van der Waals surface area contributed by atoms with Crippen LogP contribution >= 0.6 is 11.6 Å². The summed E-state index contributed by atoms with van der Waals surface area (Å²) in [6.45, 7) is 7.29. The van der Waals surface area contributed by atoms with Gasteiger partial charge in [0.25, 0.3) is 0 Å². The van der Waals surface area contributed by atoms with Gasteiger partial charge in [-0.2, -0.15) is 0 Å². The number of ether oxygens (including phenoxy) is 1. The Labute approximate surface area is 71.9 Å². The summed E-state index contributed by atoms with van der Waals surface area (Å²) in [5, 5.41) is -1.04. The molecule has 64 valence electrons. The number of halogens is 1. The first kappa shape index (κ1) is 9.01. The van der Waals surface area contributed by atoms with Crippen molar-refractivity contribution in [3.05, 3.63) is 0 Å². The number of epoxide rings is 1. The van der Waals surface area contributed by atoms with E-state index in [1.165, 1.54) is 0 Å². The summed E-state index contributed by atoms with van der Waals surface area (Å²) in [6, 6.07) is 0. The molecule has 1 saturated heterocycles. The van der Waals surface area contributed by atoms with Crippen molar-refractivity contribution in [2.24, 2.45) is 5.92 Å². The van der Waals surface area contributed by atoms with Crippen molar-refractivity contribution in [3.63, 3.8) is 0 Å². The summed E-state index contributed by atoms with van der Waals surface area (Å²) in [5.41, 5.74) is -0.476. The van der Waals surface area contributed by atoms with E-state index in [0.29, 0.717) is 0 Å². The lowest BCUT2D eigenvalue weighted by atomic mass is 9.99. The summed E-state index contributed by atoms with van der Waals surface area (Å²) < 4.78 is 5.13. The summed E-state index contributed by atoms with van der Waals surface area (Å²) in [6.07, 6.45) is 0. The first-order chi connectivity index (χ1) is 4.81. The standard InChI is InChI=1S/C8H13ClO2/c1-5(2)6(10)8(9)7(3,4)11-8/h5H,1-4H3. The Hall–Kier alpha value is -0.0800. The summed E-state index contributed by atoms with van der Waals surface area (Å²) in [5.74, 6) is -0.0848. The molecule has 1 aliphatic rings. The molecule has 0 N–H and O–H groups in total. The highest BCUT2D eigenvalue weighted by Gasteiger charge is 2.68. The third kappa shape index (κ3) is 1.18. The SMILES string of the molecule is CC(C)C(=O)C1(Cl)OC1(C)C. The molecular weight excluding hydrogens is 164 g/mol. The van der Waals surface area contributed by atoms with Gasteiger partial charge in [0.1, 0.15) is 5.60 Å². The number of ketones is 1. The maximum absolute atomic E-state index is 11.4. The second kappa shape index (κ2) is 2.20. The second-order valence-corrected chi connectivity index (χ2v) is 4.26. The lowest BCUT2D eigenvalue weighted by Crippen LogP contribution is -2.28. The molecule has 0 aromatic heterocycles. The molecule has 0 aliphatic carbocycles. The van der Waals surface area contributed by atoms with Gasteiger partial charge < -0.3 is 4.74 Å². The smallest absolute Gasteiger partial charge is 0.229 e. The Morgan fingerprint density at radius 2 is 1.82 bits per heavy atom. The molecule has 0 amide bonds. The van der Waals surface area contributed by atoms with Crippen LogP contribution in [0.2, 0.25) is 0 Å². The molecule has 1 fully saturated rings. The largest absolute Gasteiger partial charge is 0.339 e. The van der Waals surface area contributed by atoms with Crippen LogP contribution in [0.5, 0.6) is 0 Å². The highest BCUT2D eigenvalue weighted by Crippen LogP contribution is 2.52. The molecule has 11 heavy (non-hydrogen) atoms. The van der Waals surface area contributed by atoms with Crippen LogP contribution in [0, 0.1) is 5.92 Å². The zero-order valence-electron chi connectivity index (χ0n) is 7.27. The topological polar surface area (TPSA) is 29.6 Å². The Bertz CT molecular complexity index is 198. The van der Waals surface area contributed by atoms with Gasteiger partial charge in [-0.05, 0) is 13.8 Å². The predicted molar refractivity (Wildman–Crippen MR) is 43.6 cm³/mol. The van der Waals surface area contributed by atoms with Gasteiger partial charge in [0.05, 0.1) is 0 Å². The molecule has 0 aromatic rings. The third-order valence-corrected chi connectivity index (χ3v) is 2.69. The van der Waals surface area contributed by atoms with Crippen molar-refractivity contribution < 1.29 is 9.53 Å². The zero-order valence-corrected chi connectivity index (χ0v) is 8.03. The molecule has 0 bridgehead atoms. The molecule has 1 heterocycles. The fourth-order valence-corrected chi connectivity index (χ4v) is 1.46. The third-order valence-electron chi connectivity index (χ3n) is 1.97. The van der Waals surface area contributed by atoms with Crippen LogP contribution in [-0.4, -0.2) is 16.4 Å². The second-order valence-electron chi connectivity index (χ2n) is 3.73. The molecule has 3 heteroatoms. The Balaban J connectivity index is 2.72. The van der Waals surface area contributed by atoms with Gasteiger partial charge in [-0.25, -0.2) is 0 Å². The number of rotatable bonds is 2. The van der Waals surface area contributed by atoms with Gasteiger partial charge in [-0.1, -0.05) is 25.4 Å². The van der Waals surface area contributed by atoms with Gasteiger partial charge in [0, 0.05) is 5.92 Å². The van der Waals surface area contributed by atoms with E-state index in [-0.39, 0.29) is 11.7 Å². The van der Waals surface area contributed by atoms with E-state index in [0.717, 1.165) is 0 Å². The average molecular weight is 177 g/mol. The van der Waals surface area contributed by atoms with Crippen molar-refractivity contribution in [3.8, 4) is 0 Å². The Kier molecular flexibility index (Phi) is 1.81. The quantitative estimate of drug-likeness (QED) is 0.476. The molecule has 1 unspecified atom stereocenters.